The van der Waals surface area contributed by atoms with Crippen LogP contribution in [-0.2, 0) is 13.1 Å². The van der Waals surface area contributed by atoms with Gasteiger partial charge in [0.25, 0.3) is 5.91 Å². The molecule has 0 radical (unpaired) electrons. The maximum absolute atomic E-state index is 12.6. The standard InChI is InChI=1S/C22H16Cl2N6O/c23-17-3-4-29-13-27-20(21(29)7-17)10-26-22(31)16-8-28-30(12-16)11-14-1-2-19-15(5-14)6-18(24)9-25-19/h1-9,12-13H,10-11H2,(H,26,31). The van der Waals surface area contributed by atoms with Gasteiger partial charge in [-0.3, -0.25) is 14.5 Å². The van der Waals surface area contributed by atoms with Crippen molar-refractivity contribution in [1.29, 1.82) is 0 Å². The Bertz CT molecular complexity index is 1420. The number of nitrogens with one attached hydrogen (secondary N) is 1. The molecule has 1 N–H and O–H groups in total. The molecule has 0 atom stereocenters. The number of aromatic nitrogens is 5. The van der Waals surface area contributed by atoms with Gasteiger partial charge < -0.3 is 9.72 Å². The summed E-state index contributed by atoms with van der Waals surface area (Å²) in [5.74, 6) is -0.219. The van der Waals surface area contributed by atoms with Crippen LogP contribution in [-0.4, -0.2) is 30.1 Å². The van der Waals surface area contributed by atoms with Gasteiger partial charge in [-0.1, -0.05) is 29.3 Å². The maximum Gasteiger partial charge on any atom is 0.254 e. The summed E-state index contributed by atoms with van der Waals surface area (Å²) in [5.41, 5.74) is 3.99. The summed E-state index contributed by atoms with van der Waals surface area (Å²) in [4.78, 5) is 21.2. The summed E-state index contributed by atoms with van der Waals surface area (Å²) in [6.45, 7) is 0.819. The number of amides is 1. The van der Waals surface area contributed by atoms with Crippen LogP contribution < -0.4 is 5.32 Å². The number of nitrogens with zero attached hydrogens (tertiary/aromatic N) is 5. The fourth-order valence-corrected chi connectivity index (χ4v) is 3.75. The molecule has 0 bridgehead atoms. The van der Waals surface area contributed by atoms with E-state index in [1.165, 1.54) is 0 Å². The van der Waals surface area contributed by atoms with E-state index in [0.29, 0.717) is 28.7 Å². The van der Waals surface area contributed by atoms with Crippen molar-refractivity contribution in [1.82, 2.24) is 29.5 Å². The van der Waals surface area contributed by atoms with Crippen molar-refractivity contribution in [2.75, 3.05) is 0 Å². The van der Waals surface area contributed by atoms with Crippen molar-refractivity contribution in [3.05, 3.63) is 94.4 Å². The molecule has 1 aromatic carbocycles. The van der Waals surface area contributed by atoms with Crippen molar-refractivity contribution in [2.24, 2.45) is 0 Å². The number of hydrogen-bond donors (Lipinski definition) is 1. The number of benzene rings is 1. The van der Waals surface area contributed by atoms with Gasteiger partial charge >= 0.3 is 0 Å². The first kappa shape index (κ1) is 19.5. The lowest BCUT2D eigenvalue weighted by Crippen LogP contribution is -2.22. The predicted octanol–water partition coefficient (Wildman–Crippen LogP) is 4.36. The molecule has 7 nitrogen and oxygen atoms in total. The summed E-state index contributed by atoms with van der Waals surface area (Å²) in [5, 5.41) is 9.37. The molecule has 0 saturated carbocycles. The fourth-order valence-electron chi connectivity index (χ4n) is 3.43. The van der Waals surface area contributed by atoms with Crippen molar-refractivity contribution in [2.45, 2.75) is 13.1 Å². The molecule has 9 heteroatoms. The van der Waals surface area contributed by atoms with Gasteiger partial charge in [0.1, 0.15) is 0 Å². The van der Waals surface area contributed by atoms with Gasteiger partial charge in [-0.25, -0.2) is 4.98 Å². The van der Waals surface area contributed by atoms with Crippen LogP contribution in [0.15, 0.2) is 67.5 Å². The lowest BCUT2D eigenvalue weighted by Gasteiger charge is -2.05. The van der Waals surface area contributed by atoms with Crippen LogP contribution in [0.4, 0.5) is 0 Å². The lowest BCUT2D eigenvalue weighted by molar-refractivity contribution is 0.0950. The van der Waals surface area contributed by atoms with Crippen molar-refractivity contribution in [3.63, 3.8) is 0 Å². The highest BCUT2D eigenvalue weighted by atomic mass is 35.5. The minimum Gasteiger partial charge on any atom is -0.346 e. The minimum absolute atomic E-state index is 0.219. The molecule has 1 amide bonds. The Morgan fingerprint density at radius 3 is 2.84 bits per heavy atom. The Balaban J connectivity index is 1.27. The molecule has 0 spiro atoms. The minimum atomic E-state index is -0.219. The summed E-state index contributed by atoms with van der Waals surface area (Å²) >= 11 is 12.1. The van der Waals surface area contributed by atoms with E-state index in [1.807, 2.05) is 40.9 Å². The van der Waals surface area contributed by atoms with Gasteiger partial charge in [0, 0.05) is 29.0 Å². The quantitative estimate of drug-likeness (QED) is 0.431. The van der Waals surface area contributed by atoms with E-state index in [-0.39, 0.29) is 5.91 Å². The van der Waals surface area contributed by atoms with E-state index < -0.39 is 0 Å². The number of hydrogen-bond acceptors (Lipinski definition) is 4. The van der Waals surface area contributed by atoms with Gasteiger partial charge in [-0.15, -0.1) is 0 Å². The number of fused-ring (bicyclic) bond motifs is 2. The van der Waals surface area contributed by atoms with Crippen LogP contribution in [0.1, 0.15) is 21.6 Å². The van der Waals surface area contributed by atoms with Crippen LogP contribution in [0.3, 0.4) is 0 Å². The highest BCUT2D eigenvalue weighted by Gasteiger charge is 2.11. The van der Waals surface area contributed by atoms with E-state index in [1.54, 1.807) is 35.7 Å². The number of carbonyl (C=O) groups excluding carboxylic acids is 1. The molecule has 0 aliphatic heterocycles. The Kier molecular flexibility index (Phi) is 5.05. The zero-order chi connectivity index (χ0) is 21.4. The molecule has 31 heavy (non-hydrogen) atoms. The molecule has 5 aromatic rings. The third-order valence-electron chi connectivity index (χ3n) is 4.95. The third-order valence-corrected chi connectivity index (χ3v) is 5.39. The van der Waals surface area contributed by atoms with E-state index in [2.05, 4.69) is 20.4 Å². The molecule has 0 fully saturated rings. The molecule has 4 heterocycles. The SMILES string of the molecule is O=C(NCc1ncn2ccc(Cl)cc12)c1cnn(Cc2ccc3ncc(Cl)cc3c2)c1. The van der Waals surface area contributed by atoms with E-state index in [4.69, 9.17) is 23.2 Å². The summed E-state index contributed by atoms with van der Waals surface area (Å²) in [7, 11) is 0. The zero-order valence-corrected chi connectivity index (χ0v) is 17.7. The van der Waals surface area contributed by atoms with Crippen LogP contribution in [0.2, 0.25) is 10.0 Å². The van der Waals surface area contributed by atoms with Gasteiger partial charge in [-0.05, 0) is 35.9 Å². The fraction of sp³-hybridized carbons (Fsp3) is 0.0909. The van der Waals surface area contributed by atoms with Gasteiger partial charge in [0.05, 0.1) is 52.9 Å². The Labute approximate surface area is 187 Å². The van der Waals surface area contributed by atoms with Crippen molar-refractivity contribution in [3.8, 4) is 0 Å². The highest BCUT2D eigenvalue weighted by Crippen LogP contribution is 2.19. The first-order valence-electron chi connectivity index (χ1n) is 9.51. The number of imidazole rings is 1. The number of halogens is 2. The summed E-state index contributed by atoms with van der Waals surface area (Å²) in [6.07, 6.45) is 8.42. The average molecular weight is 451 g/mol. The number of carbonyl (C=O) groups is 1. The van der Waals surface area contributed by atoms with E-state index in [9.17, 15) is 4.79 Å². The molecule has 0 unspecified atom stereocenters. The van der Waals surface area contributed by atoms with E-state index >= 15 is 0 Å². The number of pyridine rings is 2. The first-order chi connectivity index (χ1) is 15.0. The Morgan fingerprint density at radius 1 is 1.03 bits per heavy atom. The summed E-state index contributed by atoms with van der Waals surface area (Å²) in [6, 6.07) is 11.4. The molecular weight excluding hydrogens is 435 g/mol. The van der Waals surface area contributed by atoms with E-state index in [0.717, 1.165) is 27.7 Å². The summed E-state index contributed by atoms with van der Waals surface area (Å²) < 4.78 is 3.58. The molecule has 154 valence electrons. The monoisotopic (exact) mass is 450 g/mol. The maximum atomic E-state index is 12.6. The zero-order valence-electron chi connectivity index (χ0n) is 16.2. The largest absolute Gasteiger partial charge is 0.346 e. The molecule has 4 aromatic heterocycles. The molecular formula is C22H16Cl2N6O. The van der Waals surface area contributed by atoms with Crippen LogP contribution >= 0.6 is 23.2 Å². The predicted molar refractivity (Wildman–Crippen MR) is 119 cm³/mol. The normalized spacial score (nSPS) is 11.3. The second-order valence-electron chi connectivity index (χ2n) is 7.12. The molecule has 5 rings (SSSR count). The third kappa shape index (κ3) is 4.10. The smallest absolute Gasteiger partial charge is 0.254 e. The van der Waals surface area contributed by atoms with Crippen molar-refractivity contribution >= 4 is 45.5 Å². The Morgan fingerprint density at radius 2 is 1.94 bits per heavy atom. The second-order valence-corrected chi connectivity index (χ2v) is 7.99. The first-order valence-corrected chi connectivity index (χ1v) is 10.3. The average Bonchev–Trinajstić information content (AvgIpc) is 3.38. The van der Waals surface area contributed by atoms with Gasteiger partial charge in [0.2, 0.25) is 0 Å². The molecule has 0 aliphatic carbocycles. The second kappa shape index (κ2) is 8.02. The van der Waals surface area contributed by atoms with Crippen LogP contribution in [0.25, 0.3) is 16.4 Å². The van der Waals surface area contributed by atoms with Gasteiger partial charge in [0.15, 0.2) is 0 Å². The Hall–Kier alpha value is -3.42. The van der Waals surface area contributed by atoms with Crippen LogP contribution in [0.5, 0.6) is 0 Å². The molecule has 0 aliphatic rings. The molecule has 0 saturated heterocycles. The topological polar surface area (TPSA) is 77.1 Å². The number of rotatable bonds is 5. The highest BCUT2D eigenvalue weighted by molar-refractivity contribution is 6.31. The van der Waals surface area contributed by atoms with Crippen LogP contribution in [0, 0.1) is 0 Å². The van der Waals surface area contributed by atoms with Crippen molar-refractivity contribution < 1.29 is 4.79 Å². The van der Waals surface area contributed by atoms with Gasteiger partial charge in [-0.2, -0.15) is 5.10 Å². The lowest BCUT2D eigenvalue weighted by atomic mass is 10.1.